The van der Waals surface area contributed by atoms with E-state index in [4.69, 9.17) is 11.6 Å². The van der Waals surface area contributed by atoms with Crippen molar-refractivity contribution >= 4 is 51.3 Å². The first-order valence-electron chi connectivity index (χ1n) is 7.22. The number of phenolic OH excluding ortho intramolecular Hbond substituents is 1. The van der Waals surface area contributed by atoms with Crippen molar-refractivity contribution in [2.45, 2.75) is 5.16 Å². The van der Waals surface area contributed by atoms with Crippen LogP contribution in [0.1, 0.15) is 5.56 Å². The number of aromatic amines is 1. The molecule has 0 aliphatic heterocycles. The summed E-state index contributed by atoms with van der Waals surface area (Å²) in [4.78, 5) is 15.9. The van der Waals surface area contributed by atoms with Gasteiger partial charge in [0.25, 0.3) is 0 Å². The van der Waals surface area contributed by atoms with Crippen LogP contribution in [0.25, 0.3) is 17.5 Å². The van der Waals surface area contributed by atoms with E-state index in [0.717, 1.165) is 17.3 Å². The Morgan fingerprint density at radius 3 is 2.62 bits per heavy atom. The molecule has 0 aliphatic rings. The van der Waals surface area contributed by atoms with Gasteiger partial charge in [-0.1, -0.05) is 17.7 Å². The number of hydrogen-bond acceptors (Lipinski definition) is 5. The van der Waals surface area contributed by atoms with Gasteiger partial charge in [-0.3, -0.25) is 5.10 Å². The van der Waals surface area contributed by atoms with Crippen molar-refractivity contribution in [2.24, 2.45) is 0 Å². The minimum Gasteiger partial charge on any atom is -0.507 e. The van der Waals surface area contributed by atoms with Crippen molar-refractivity contribution < 1.29 is 15.0 Å². The second-order valence-corrected chi connectivity index (χ2v) is 7.40. The fourth-order valence-electron chi connectivity index (χ4n) is 2.03. The number of nitrogens with one attached hydrogen (secondary N) is 1. The van der Waals surface area contributed by atoms with Crippen LogP contribution in [0.5, 0.6) is 5.75 Å². The van der Waals surface area contributed by atoms with Gasteiger partial charge in [0.05, 0.1) is 4.47 Å². The number of carboxylic acids is 1. The molecule has 0 radical (unpaired) electrons. The molecule has 132 valence electrons. The third kappa shape index (κ3) is 4.46. The normalized spacial score (nSPS) is 11.5. The number of halogens is 2. The highest BCUT2D eigenvalue weighted by Gasteiger charge is 2.14. The predicted octanol–water partition coefficient (Wildman–Crippen LogP) is 4.81. The van der Waals surface area contributed by atoms with Crippen LogP contribution in [0.4, 0.5) is 0 Å². The summed E-state index contributed by atoms with van der Waals surface area (Å²) in [5.41, 5.74) is 1.41. The van der Waals surface area contributed by atoms with Crippen molar-refractivity contribution in [1.29, 1.82) is 0 Å². The van der Waals surface area contributed by atoms with E-state index in [9.17, 15) is 15.0 Å². The van der Waals surface area contributed by atoms with Crippen LogP contribution in [0.15, 0.2) is 57.0 Å². The Morgan fingerprint density at radius 1 is 1.23 bits per heavy atom. The first-order chi connectivity index (χ1) is 12.4. The third-order valence-corrected chi connectivity index (χ3v) is 5.03. The molecule has 0 saturated heterocycles. The smallest absolute Gasteiger partial charge is 0.342 e. The van der Waals surface area contributed by atoms with Crippen LogP contribution >= 0.6 is 39.3 Å². The zero-order valence-electron chi connectivity index (χ0n) is 13.0. The SMILES string of the molecule is O=C(O)/C(=C/c1ccc(O)c(Br)c1)Sc1n[nH]c(-c2ccc(Cl)cc2)n1. The molecule has 3 aromatic rings. The average Bonchev–Trinajstić information content (AvgIpc) is 3.06. The number of rotatable bonds is 5. The highest BCUT2D eigenvalue weighted by molar-refractivity contribution is 9.10. The molecule has 26 heavy (non-hydrogen) atoms. The molecule has 0 fully saturated rings. The van der Waals surface area contributed by atoms with E-state index < -0.39 is 5.97 Å². The van der Waals surface area contributed by atoms with Crippen LogP contribution in [-0.2, 0) is 4.79 Å². The fraction of sp³-hybridized carbons (Fsp3) is 0. The lowest BCUT2D eigenvalue weighted by molar-refractivity contribution is -0.131. The topological polar surface area (TPSA) is 99.1 Å². The Balaban J connectivity index is 1.84. The van der Waals surface area contributed by atoms with Crippen molar-refractivity contribution in [3.05, 3.63) is 62.4 Å². The molecule has 1 aromatic heterocycles. The maximum absolute atomic E-state index is 11.5. The molecule has 0 bridgehead atoms. The van der Waals surface area contributed by atoms with E-state index in [1.807, 2.05) is 0 Å². The van der Waals surface area contributed by atoms with Gasteiger partial charge >= 0.3 is 5.97 Å². The van der Waals surface area contributed by atoms with E-state index in [0.29, 0.717) is 20.9 Å². The molecule has 3 N–H and O–H groups in total. The van der Waals surface area contributed by atoms with Gasteiger partial charge in [-0.25, -0.2) is 9.78 Å². The molecule has 0 saturated carbocycles. The monoisotopic (exact) mass is 451 g/mol. The lowest BCUT2D eigenvalue weighted by Gasteiger charge is -2.01. The second kappa shape index (κ2) is 7.94. The predicted molar refractivity (Wildman–Crippen MR) is 104 cm³/mol. The third-order valence-electron chi connectivity index (χ3n) is 3.26. The summed E-state index contributed by atoms with van der Waals surface area (Å²) in [7, 11) is 0. The zero-order valence-corrected chi connectivity index (χ0v) is 16.1. The lowest BCUT2D eigenvalue weighted by Crippen LogP contribution is -1.97. The number of carbonyl (C=O) groups is 1. The van der Waals surface area contributed by atoms with Crippen LogP contribution in [0.3, 0.4) is 0 Å². The van der Waals surface area contributed by atoms with Crippen molar-refractivity contribution in [1.82, 2.24) is 15.2 Å². The first kappa shape index (κ1) is 18.5. The van der Waals surface area contributed by atoms with Crippen LogP contribution in [-0.4, -0.2) is 31.4 Å². The van der Waals surface area contributed by atoms with Gasteiger partial charge in [0.1, 0.15) is 10.7 Å². The number of nitrogens with zero attached hydrogens (tertiary/aromatic N) is 2. The summed E-state index contributed by atoms with van der Waals surface area (Å²) in [5, 5.41) is 26.7. The number of aromatic nitrogens is 3. The van der Waals surface area contributed by atoms with Crippen molar-refractivity contribution in [3.63, 3.8) is 0 Å². The number of H-pyrrole nitrogens is 1. The molecule has 0 amide bonds. The summed E-state index contributed by atoms with van der Waals surface area (Å²) >= 11 is 9.99. The van der Waals surface area contributed by atoms with Crippen LogP contribution < -0.4 is 0 Å². The van der Waals surface area contributed by atoms with Gasteiger partial charge < -0.3 is 10.2 Å². The number of benzene rings is 2. The standard InChI is InChI=1S/C17H11BrClN3O3S/c18-12-7-9(1-6-13(12)23)8-14(16(24)25)26-17-20-15(21-22-17)10-2-4-11(19)5-3-10/h1-8,23H,(H,24,25)(H,20,21,22)/b14-8-. The summed E-state index contributed by atoms with van der Waals surface area (Å²) in [6.45, 7) is 0. The van der Waals surface area contributed by atoms with Gasteiger partial charge in [0.2, 0.25) is 5.16 Å². The van der Waals surface area contributed by atoms with Gasteiger partial charge in [0.15, 0.2) is 5.82 Å². The van der Waals surface area contributed by atoms with Gasteiger partial charge in [-0.2, -0.15) is 0 Å². The number of carboxylic acid groups (broad SMARTS) is 1. The Hall–Kier alpha value is -2.29. The minimum absolute atomic E-state index is 0.0456. The number of thioether (sulfide) groups is 1. The maximum atomic E-state index is 11.5. The molecule has 1 heterocycles. The molecule has 3 rings (SSSR count). The average molecular weight is 453 g/mol. The van der Waals surface area contributed by atoms with E-state index in [1.54, 1.807) is 36.4 Å². The van der Waals surface area contributed by atoms with Gasteiger partial charge in [-0.15, -0.1) is 5.10 Å². The van der Waals surface area contributed by atoms with Crippen molar-refractivity contribution in [3.8, 4) is 17.1 Å². The maximum Gasteiger partial charge on any atom is 0.342 e. The summed E-state index contributed by atoms with van der Waals surface area (Å²) in [6, 6.07) is 11.8. The zero-order chi connectivity index (χ0) is 18.7. The molecule has 0 unspecified atom stereocenters. The lowest BCUT2D eigenvalue weighted by atomic mass is 10.2. The highest BCUT2D eigenvalue weighted by atomic mass is 79.9. The Labute approximate surface area is 166 Å². The molecular weight excluding hydrogens is 442 g/mol. The molecular formula is C17H11BrClN3O3S. The molecule has 6 nitrogen and oxygen atoms in total. The van der Waals surface area contributed by atoms with E-state index in [-0.39, 0.29) is 15.8 Å². The van der Waals surface area contributed by atoms with Crippen LogP contribution in [0, 0.1) is 0 Å². The number of phenols is 1. The summed E-state index contributed by atoms with van der Waals surface area (Å²) in [5.74, 6) is -0.508. The minimum atomic E-state index is -1.10. The molecule has 0 atom stereocenters. The molecule has 0 aliphatic carbocycles. The molecule has 2 aromatic carbocycles. The number of hydrogen-bond donors (Lipinski definition) is 3. The van der Waals surface area contributed by atoms with E-state index in [1.165, 1.54) is 12.1 Å². The Bertz CT molecular complexity index is 989. The van der Waals surface area contributed by atoms with Gasteiger partial charge in [0, 0.05) is 10.6 Å². The number of aromatic hydroxyl groups is 1. The quantitative estimate of drug-likeness (QED) is 0.379. The highest BCUT2D eigenvalue weighted by Crippen LogP contribution is 2.30. The first-order valence-corrected chi connectivity index (χ1v) is 9.21. The summed E-state index contributed by atoms with van der Waals surface area (Å²) < 4.78 is 0.476. The summed E-state index contributed by atoms with van der Waals surface area (Å²) in [6.07, 6.45) is 1.48. The van der Waals surface area contributed by atoms with Crippen molar-refractivity contribution in [2.75, 3.05) is 0 Å². The van der Waals surface area contributed by atoms with E-state index in [2.05, 4.69) is 31.1 Å². The largest absolute Gasteiger partial charge is 0.507 e. The number of aliphatic carboxylic acids is 1. The van der Waals surface area contributed by atoms with Crippen LogP contribution in [0.2, 0.25) is 5.02 Å². The second-order valence-electron chi connectivity index (χ2n) is 5.10. The molecule has 9 heteroatoms. The van der Waals surface area contributed by atoms with E-state index >= 15 is 0 Å². The Kier molecular flexibility index (Phi) is 5.65. The molecule has 0 spiro atoms. The van der Waals surface area contributed by atoms with Gasteiger partial charge in [-0.05, 0) is 75.7 Å². The Morgan fingerprint density at radius 2 is 1.96 bits per heavy atom. The fourth-order valence-corrected chi connectivity index (χ4v) is 3.26.